The summed E-state index contributed by atoms with van der Waals surface area (Å²) in [6.07, 6.45) is 3.94. The minimum atomic E-state index is -0.316. The largest absolute Gasteiger partial charge is 0.508 e. The number of aromatic hydroxyl groups is 2. The number of hydrogen-bond donors (Lipinski definition) is 4. The molecule has 0 aliphatic heterocycles. The molecule has 0 saturated heterocycles. The van der Waals surface area contributed by atoms with E-state index in [9.17, 15) is 15.0 Å². The second kappa shape index (κ2) is 5.27. The van der Waals surface area contributed by atoms with E-state index in [0.717, 1.165) is 25.7 Å². The second-order valence-electron chi connectivity index (χ2n) is 4.77. The summed E-state index contributed by atoms with van der Waals surface area (Å²) < 4.78 is 0. The summed E-state index contributed by atoms with van der Waals surface area (Å²) in [5.41, 5.74) is 6.19. The van der Waals surface area contributed by atoms with E-state index < -0.39 is 0 Å². The third-order valence-corrected chi connectivity index (χ3v) is 3.30. The van der Waals surface area contributed by atoms with E-state index in [1.165, 1.54) is 18.2 Å². The van der Waals surface area contributed by atoms with Gasteiger partial charge in [0.2, 0.25) is 0 Å². The Labute approximate surface area is 106 Å². The molecule has 5 nitrogen and oxygen atoms in total. The summed E-state index contributed by atoms with van der Waals surface area (Å²) >= 11 is 0. The standard InChI is InChI=1S/C13H18N2O3/c14-11-3-1-2-4-12(11)15-13(18)8-5-9(16)7-10(17)6-8/h5-7,11-12,16-17H,1-4,14H2,(H,15,18). The van der Waals surface area contributed by atoms with Crippen molar-refractivity contribution in [1.82, 2.24) is 5.32 Å². The lowest BCUT2D eigenvalue weighted by atomic mass is 9.91. The number of carbonyl (C=O) groups excluding carboxylic acids is 1. The molecule has 1 aromatic carbocycles. The van der Waals surface area contributed by atoms with Gasteiger partial charge in [-0.1, -0.05) is 12.8 Å². The van der Waals surface area contributed by atoms with E-state index >= 15 is 0 Å². The first-order valence-corrected chi connectivity index (χ1v) is 6.16. The van der Waals surface area contributed by atoms with Crippen molar-refractivity contribution in [1.29, 1.82) is 0 Å². The van der Waals surface area contributed by atoms with Crippen LogP contribution in [-0.4, -0.2) is 28.2 Å². The van der Waals surface area contributed by atoms with Gasteiger partial charge >= 0.3 is 0 Å². The third kappa shape index (κ3) is 2.92. The highest BCUT2D eigenvalue weighted by Gasteiger charge is 2.23. The molecule has 1 fully saturated rings. The van der Waals surface area contributed by atoms with Gasteiger partial charge in [-0.05, 0) is 25.0 Å². The SMILES string of the molecule is NC1CCCCC1NC(=O)c1cc(O)cc(O)c1. The van der Waals surface area contributed by atoms with E-state index in [1.54, 1.807) is 0 Å². The number of hydrogen-bond acceptors (Lipinski definition) is 4. The van der Waals surface area contributed by atoms with Crippen molar-refractivity contribution in [2.75, 3.05) is 0 Å². The molecule has 0 radical (unpaired) electrons. The van der Waals surface area contributed by atoms with Gasteiger partial charge in [-0.3, -0.25) is 4.79 Å². The van der Waals surface area contributed by atoms with Crippen LogP contribution < -0.4 is 11.1 Å². The number of nitrogens with one attached hydrogen (secondary N) is 1. The lowest BCUT2D eigenvalue weighted by Crippen LogP contribution is -2.49. The predicted molar refractivity (Wildman–Crippen MR) is 67.5 cm³/mol. The van der Waals surface area contributed by atoms with Crippen LogP contribution in [0.25, 0.3) is 0 Å². The molecular weight excluding hydrogens is 232 g/mol. The van der Waals surface area contributed by atoms with Crippen molar-refractivity contribution < 1.29 is 15.0 Å². The molecule has 1 amide bonds. The van der Waals surface area contributed by atoms with Gasteiger partial charge in [-0.15, -0.1) is 0 Å². The molecule has 1 aromatic rings. The molecule has 0 bridgehead atoms. The molecule has 2 rings (SSSR count). The Balaban J connectivity index is 2.06. The Hall–Kier alpha value is -1.75. The average Bonchev–Trinajstić information content (AvgIpc) is 2.31. The average molecular weight is 250 g/mol. The molecule has 2 unspecified atom stereocenters. The molecule has 1 saturated carbocycles. The number of nitrogens with two attached hydrogens (primary N) is 1. The lowest BCUT2D eigenvalue weighted by Gasteiger charge is -2.29. The maximum Gasteiger partial charge on any atom is 0.251 e. The second-order valence-corrected chi connectivity index (χ2v) is 4.77. The van der Waals surface area contributed by atoms with Crippen LogP contribution in [0.15, 0.2) is 18.2 Å². The number of phenols is 2. The zero-order valence-corrected chi connectivity index (χ0v) is 10.1. The van der Waals surface area contributed by atoms with E-state index in [4.69, 9.17) is 5.73 Å². The van der Waals surface area contributed by atoms with Gasteiger partial charge in [-0.2, -0.15) is 0 Å². The fourth-order valence-corrected chi connectivity index (χ4v) is 2.32. The van der Waals surface area contributed by atoms with E-state index in [0.29, 0.717) is 0 Å². The molecule has 98 valence electrons. The summed E-state index contributed by atoms with van der Waals surface area (Å²) in [7, 11) is 0. The summed E-state index contributed by atoms with van der Waals surface area (Å²) in [5.74, 6) is -0.579. The van der Waals surface area contributed by atoms with Gasteiger partial charge in [0, 0.05) is 23.7 Å². The number of rotatable bonds is 2. The summed E-state index contributed by atoms with van der Waals surface area (Å²) in [4.78, 5) is 12.0. The van der Waals surface area contributed by atoms with Crippen molar-refractivity contribution in [2.24, 2.45) is 5.73 Å². The minimum Gasteiger partial charge on any atom is -0.508 e. The van der Waals surface area contributed by atoms with Crippen LogP contribution in [0.2, 0.25) is 0 Å². The Morgan fingerprint density at radius 3 is 2.39 bits per heavy atom. The molecule has 0 heterocycles. The van der Waals surface area contributed by atoms with Crippen LogP contribution in [0, 0.1) is 0 Å². The molecule has 2 atom stereocenters. The van der Waals surface area contributed by atoms with E-state index in [2.05, 4.69) is 5.32 Å². The Bertz CT molecular complexity index is 428. The Kier molecular flexibility index (Phi) is 3.72. The smallest absolute Gasteiger partial charge is 0.251 e. The first-order chi connectivity index (χ1) is 8.56. The van der Waals surface area contributed by atoms with E-state index in [1.807, 2.05) is 0 Å². The quantitative estimate of drug-likeness (QED) is 0.632. The minimum absolute atomic E-state index is 0.0198. The van der Waals surface area contributed by atoms with Gasteiger partial charge in [0.1, 0.15) is 11.5 Å². The number of phenolic OH excluding ortho intramolecular Hbond substituents is 2. The monoisotopic (exact) mass is 250 g/mol. The topological polar surface area (TPSA) is 95.6 Å². The third-order valence-electron chi connectivity index (χ3n) is 3.30. The van der Waals surface area contributed by atoms with Crippen molar-refractivity contribution >= 4 is 5.91 Å². The van der Waals surface area contributed by atoms with Crippen LogP contribution in [-0.2, 0) is 0 Å². The molecule has 1 aliphatic rings. The summed E-state index contributed by atoms with van der Waals surface area (Å²) in [6.45, 7) is 0. The first-order valence-electron chi connectivity index (χ1n) is 6.16. The van der Waals surface area contributed by atoms with Crippen LogP contribution in [0.4, 0.5) is 0 Å². The molecule has 0 spiro atoms. The highest BCUT2D eigenvalue weighted by molar-refractivity contribution is 5.95. The maximum atomic E-state index is 12.0. The Morgan fingerprint density at radius 1 is 1.17 bits per heavy atom. The van der Waals surface area contributed by atoms with Crippen LogP contribution in [0.5, 0.6) is 11.5 Å². The van der Waals surface area contributed by atoms with Crippen molar-refractivity contribution in [2.45, 2.75) is 37.8 Å². The van der Waals surface area contributed by atoms with Gasteiger partial charge in [0.05, 0.1) is 0 Å². The van der Waals surface area contributed by atoms with Crippen LogP contribution in [0.3, 0.4) is 0 Å². The summed E-state index contributed by atoms with van der Waals surface area (Å²) in [5, 5.41) is 21.5. The normalized spacial score (nSPS) is 23.6. The predicted octanol–water partition coefficient (Wildman–Crippen LogP) is 1.10. The zero-order chi connectivity index (χ0) is 13.1. The van der Waals surface area contributed by atoms with Crippen molar-refractivity contribution in [3.8, 4) is 11.5 Å². The van der Waals surface area contributed by atoms with Crippen LogP contribution >= 0.6 is 0 Å². The van der Waals surface area contributed by atoms with Gasteiger partial charge in [0.15, 0.2) is 0 Å². The Morgan fingerprint density at radius 2 is 1.78 bits per heavy atom. The number of amides is 1. The van der Waals surface area contributed by atoms with E-state index in [-0.39, 0.29) is 35.1 Å². The van der Waals surface area contributed by atoms with Gasteiger partial charge in [0.25, 0.3) is 5.91 Å². The molecule has 5 N–H and O–H groups in total. The number of carbonyl (C=O) groups is 1. The highest BCUT2D eigenvalue weighted by atomic mass is 16.3. The molecular formula is C13H18N2O3. The van der Waals surface area contributed by atoms with Crippen molar-refractivity contribution in [3.63, 3.8) is 0 Å². The first kappa shape index (κ1) is 12.7. The molecule has 5 heteroatoms. The number of benzene rings is 1. The fraction of sp³-hybridized carbons (Fsp3) is 0.462. The summed E-state index contributed by atoms with van der Waals surface area (Å²) in [6, 6.07) is 3.78. The fourth-order valence-electron chi connectivity index (χ4n) is 2.32. The lowest BCUT2D eigenvalue weighted by molar-refractivity contribution is 0.0920. The zero-order valence-electron chi connectivity index (χ0n) is 10.1. The maximum absolute atomic E-state index is 12.0. The highest BCUT2D eigenvalue weighted by Crippen LogP contribution is 2.21. The van der Waals surface area contributed by atoms with Gasteiger partial charge in [-0.25, -0.2) is 0 Å². The van der Waals surface area contributed by atoms with Crippen LogP contribution in [0.1, 0.15) is 36.0 Å². The molecule has 1 aliphatic carbocycles. The van der Waals surface area contributed by atoms with Crippen molar-refractivity contribution in [3.05, 3.63) is 23.8 Å². The molecule has 18 heavy (non-hydrogen) atoms. The molecule has 0 aromatic heterocycles. The van der Waals surface area contributed by atoms with Gasteiger partial charge < -0.3 is 21.3 Å².